The molecule has 0 spiro atoms. The van der Waals surface area contributed by atoms with Gasteiger partial charge in [-0.1, -0.05) is 13.3 Å². The first-order valence-corrected chi connectivity index (χ1v) is 7.50. The van der Waals surface area contributed by atoms with E-state index in [1.54, 1.807) is 0 Å². The van der Waals surface area contributed by atoms with Crippen molar-refractivity contribution in [3.05, 3.63) is 0 Å². The number of carbonyl (C=O) groups excluding carboxylic acids is 1. The highest BCUT2D eigenvalue weighted by atomic mass is 28.2. The number of carbonyl (C=O) groups is 1. The van der Waals surface area contributed by atoms with Crippen LogP contribution in [0.3, 0.4) is 0 Å². The van der Waals surface area contributed by atoms with Gasteiger partial charge in [-0.2, -0.15) is 0 Å². The molecule has 1 N–H and O–H groups in total. The molecule has 1 unspecified atom stereocenters. The summed E-state index contributed by atoms with van der Waals surface area (Å²) < 4.78 is 0. The third-order valence-corrected chi connectivity index (χ3v) is 7.21. The van der Waals surface area contributed by atoms with E-state index < -0.39 is 8.41 Å². The van der Waals surface area contributed by atoms with E-state index in [9.17, 15) is 4.79 Å². The van der Waals surface area contributed by atoms with Gasteiger partial charge in [0.15, 0.2) is 0 Å². The highest BCUT2D eigenvalue weighted by Gasteiger charge is 2.38. The first kappa shape index (κ1) is 10.1. The lowest BCUT2D eigenvalue weighted by atomic mass is 10.0. The molecule has 0 aromatic carbocycles. The van der Waals surface area contributed by atoms with Crippen LogP contribution in [0, 0.1) is 0 Å². The van der Waals surface area contributed by atoms with Gasteiger partial charge in [0.05, 0.1) is 5.04 Å². The number of nitrogens with one attached hydrogen (secondary N) is 1. The SMILES string of the molecule is CC1([Si]2=CCCC2)CCCCNC1=O. The predicted molar refractivity (Wildman–Crippen MR) is 61.1 cm³/mol. The molecule has 0 aromatic rings. The molecule has 2 heterocycles. The van der Waals surface area contributed by atoms with E-state index in [1.165, 1.54) is 25.3 Å². The van der Waals surface area contributed by atoms with Crippen molar-refractivity contribution in [3.8, 4) is 0 Å². The van der Waals surface area contributed by atoms with Crippen molar-refractivity contribution in [2.75, 3.05) is 6.54 Å². The molecule has 78 valence electrons. The van der Waals surface area contributed by atoms with Gasteiger partial charge in [0.25, 0.3) is 0 Å². The minimum atomic E-state index is -0.520. The molecule has 2 rings (SSSR count). The summed E-state index contributed by atoms with van der Waals surface area (Å²) >= 11 is 0. The summed E-state index contributed by atoms with van der Waals surface area (Å²) in [6.07, 6.45) is 6.06. The van der Waals surface area contributed by atoms with Crippen LogP contribution in [0.25, 0.3) is 0 Å². The highest BCUT2D eigenvalue weighted by Crippen LogP contribution is 2.38. The molecule has 0 aromatic heterocycles. The largest absolute Gasteiger partial charge is 0.356 e. The van der Waals surface area contributed by atoms with Crippen molar-refractivity contribution in [1.82, 2.24) is 5.32 Å². The Morgan fingerprint density at radius 2 is 2.29 bits per heavy atom. The smallest absolute Gasteiger partial charge is 0.226 e. The minimum Gasteiger partial charge on any atom is -0.356 e. The van der Waals surface area contributed by atoms with Crippen LogP contribution in [0.2, 0.25) is 11.1 Å². The molecule has 0 radical (unpaired) electrons. The van der Waals surface area contributed by atoms with Crippen LogP contribution in [-0.2, 0) is 4.79 Å². The summed E-state index contributed by atoms with van der Waals surface area (Å²) in [6, 6.07) is 1.31. The van der Waals surface area contributed by atoms with Crippen molar-refractivity contribution in [1.29, 1.82) is 0 Å². The molecule has 0 aliphatic carbocycles. The normalized spacial score (nSPS) is 33.5. The van der Waals surface area contributed by atoms with E-state index in [-0.39, 0.29) is 5.04 Å². The molecular formula is C11H19NOSi. The summed E-state index contributed by atoms with van der Waals surface area (Å²) in [5, 5.41) is 3.08. The fraction of sp³-hybridized carbons (Fsp3) is 0.818. The lowest BCUT2D eigenvalue weighted by molar-refractivity contribution is -0.123. The van der Waals surface area contributed by atoms with Crippen LogP contribution < -0.4 is 5.32 Å². The van der Waals surface area contributed by atoms with Gasteiger partial charge in [0, 0.05) is 15.0 Å². The molecule has 1 atom stereocenters. The maximum atomic E-state index is 12.0. The average molecular weight is 209 g/mol. The van der Waals surface area contributed by atoms with Crippen molar-refractivity contribution in [3.63, 3.8) is 0 Å². The van der Waals surface area contributed by atoms with Gasteiger partial charge in [-0.25, -0.2) is 0 Å². The predicted octanol–water partition coefficient (Wildman–Crippen LogP) is 1.72. The van der Waals surface area contributed by atoms with E-state index in [0.29, 0.717) is 5.91 Å². The van der Waals surface area contributed by atoms with Crippen molar-refractivity contribution in [2.24, 2.45) is 0 Å². The molecular weight excluding hydrogens is 190 g/mol. The van der Waals surface area contributed by atoms with Crippen molar-refractivity contribution < 1.29 is 4.79 Å². The Bertz CT molecular complexity index is 274. The Morgan fingerprint density at radius 3 is 3.00 bits per heavy atom. The Hall–Kier alpha value is -0.443. The summed E-state index contributed by atoms with van der Waals surface area (Å²) in [6.45, 7) is 3.09. The van der Waals surface area contributed by atoms with Crippen molar-refractivity contribution in [2.45, 2.75) is 50.1 Å². The maximum absolute atomic E-state index is 12.0. The quantitative estimate of drug-likeness (QED) is 0.655. The van der Waals surface area contributed by atoms with Gasteiger partial charge < -0.3 is 5.32 Å². The first-order valence-electron chi connectivity index (χ1n) is 5.71. The highest BCUT2D eigenvalue weighted by molar-refractivity contribution is 6.73. The second-order valence-electron chi connectivity index (χ2n) is 4.67. The molecule has 0 bridgehead atoms. The van der Waals surface area contributed by atoms with Crippen LogP contribution in [0.4, 0.5) is 0 Å². The van der Waals surface area contributed by atoms with Gasteiger partial charge in [0.2, 0.25) is 5.91 Å². The van der Waals surface area contributed by atoms with Crippen LogP contribution >= 0.6 is 0 Å². The van der Waals surface area contributed by atoms with Gasteiger partial charge >= 0.3 is 0 Å². The molecule has 2 nitrogen and oxygen atoms in total. The van der Waals surface area contributed by atoms with Crippen LogP contribution in [-0.4, -0.2) is 26.5 Å². The third kappa shape index (κ3) is 1.70. The fourth-order valence-electron chi connectivity index (χ4n) is 2.59. The van der Waals surface area contributed by atoms with Gasteiger partial charge in [0.1, 0.15) is 0 Å². The number of rotatable bonds is 1. The Labute approximate surface area is 87.3 Å². The zero-order valence-corrected chi connectivity index (χ0v) is 9.94. The van der Waals surface area contributed by atoms with Crippen LogP contribution in [0.1, 0.15) is 39.0 Å². The third-order valence-electron chi connectivity index (χ3n) is 3.64. The number of hydrogen-bond acceptors (Lipinski definition) is 1. The van der Waals surface area contributed by atoms with Crippen LogP contribution in [0.5, 0.6) is 0 Å². The number of amides is 1. The van der Waals surface area contributed by atoms with E-state index >= 15 is 0 Å². The molecule has 2 aliphatic rings. The molecule has 14 heavy (non-hydrogen) atoms. The minimum absolute atomic E-state index is 0.00231. The van der Waals surface area contributed by atoms with E-state index in [4.69, 9.17) is 0 Å². The monoisotopic (exact) mass is 209 g/mol. The van der Waals surface area contributed by atoms with Gasteiger partial charge in [-0.05, 0) is 31.7 Å². The molecule has 3 heteroatoms. The Morgan fingerprint density at radius 1 is 1.43 bits per heavy atom. The van der Waals surface area contributed by atoms with Gasteiger partial charge in [-0.15, -0.1) is 5.67 Å². The summed E-state index contributed by atoms with van der Waals surface area (Å²) in [4.78, 5) is 12.0. The van der Waals surface area contributed by atoms with Gasteiger partial charge in [-0.3, -0.25) is 4.79 Å². The standard InChI is InChI=1S/C11H19NOSi/c1-11(14-8-4-5-9-14)6-2-3-7-12-10(11)13/h8H,2-7,9H2,1H3,(H,12,13). The number of hydrogen-bond donors (Lipinski definition) is 1. The van der Waals surface area contributed by atoms with Crippen LogP contribution in [0.15, 0.2) is 0 Å². The second-order valence-corrected chi connectivity index (χ2v) is 7.73. The molecule has 1 saturated heterocycles. The summed E-state index contributed by atoms with van der Waals surface area (Å²) in [5.74, 6) is 0.335. The molecule has 1 fully saturated rings. The average Bonchev–Trinajstić information content (AvgIpc) is 2.64. The zero-order chi connectivity index (χ0) is 10.0. The van der Waals surface area contributed by atoms with E-state index in [1.807, 2.05) is 0 Å². The second kappa shape index (κ2) is 3.97. The lowest BCUT2D eigenvalue weighted by Gasteiger charge is -2.27. The molecule has 2 aliphatic heterocycles. The molecule has 1 amide bonds. The Kier molecular flexibility index (Phi) is 2.86. The van der Waals surface area contributed by atoms with E-state index in [2.05, 4.69) is 17.9 Å². The van der Waals surface area contributed by atoms with E-state index in [0.717, 1.165) is 19.4 Å². The topological polar surface area (TPSA) is 29.1 Å². The summed E-state index contributed by atoms with van der Waals surface area (Å²) in [5.41, 5.74) is 2.47. The Balaban J connectivity index is 2.21. The fourth-order valence-corrected chi connectivity index (χ4v) is 5.81. The lowest BCUT2D eigenvalue weighted by Crippen LogP contribution is -2.38. The first-order chi connectivity index (χ1) is 6.73. The molecule has 0 saturated carbocycles. The maximum Gasteiger partial charge on any atom is 0.226 e. The van der Waals surface area contributed by atoms with Crippen molar-refractivity contribution >= 4 is 20.0 Å². The summed E-state index contributed by atoms with van der Waals surface area (Å²) in [7, 11) is -0.520. The zero-order valence-electron chi connectivity index (χ0n) is 8.94.